The SMILES string of the molecule is CC(C)N(CCC(=O)O)C(=O)N(C)Cc1cccs1. The minimum Gasteiger partial charge on any atom is -0.481 e. The third kappa shape index (κ3) is 4.90. The highest BCUT2D eigenvalue weighted by molar-refractivity contribution is 7.09. The van der Waals surface area contributed by atoms with Gasteiger partial charge < -0.3 is 14.9 Å². The van der Waals surface area contributed by atoms with E-state index in [-0.39, 0.29) is 25.0 Å². The summed E-state index contributed by atoms with van der Waals surface area (Å²) in [6, 6.07) is 3.77. The maximum absolute atomic E-state index is 12.3. The van der Waals surface area contributed by atoms with Crippen LogP contribution in [0.2, 0.25) is 0 Å². The Bertz CT molecular complexity index is 418. The molecule has 0 aromatic carbocycles. The van der Waals surface area contributed by atoms with Crippen molar-refractivity contribution in [1.82, 2.24) is 9.80 Å². The monoisotopic (exact) mass is 284 g/mol. The lowest BCUT2D eigenvalue weighted by Gasteiger charge is -2.30. The lowest BCUT2D eigenvalue weighted by Crippen LogP contribution is -2.45. The van der Waals surface area contributed by atoms with Gasteiger partial charge in [-0.1, -0.05) is 6.07 Å². The fourth-order valence-electron chi connectivity index (χ4n) is 1.71. The highest BCUT2D eigenvalue weighted by Gasteiger charge is 2.21. The molecular formula is C13H20N2O3S. The molecule has 106 valence electrons. The Labute approximate surface area is 117 Å². The third-order valence-corrected chi connectivity index (χ3v) is 3.60. The Hall–Kier alpha value is -1.56. The van der Waals surface area contributed by atoms with Crippen LogP contribution in [0.3, 0.4) is 0 Å². The maximum atomic E-state index is 12.3. The van der Waals surface area contributed by atoms with E-state index in [1.165, 1.54) is 0 Å². The quantitative estimate of drug-likeness (QED) is 0.873. The van der Waals surface area contributed by atoms with E-state index in [1.807, 2.05) is 31.4 Å². The molecule has 19 heavy (non-hydrogen) atoms. The molecule has 2 amide bonds. The van der Waals surface area contributed by atoms with Crippen molar-refractivity contribution in [3.63, 3.8) is 0 Å². The van der Waals surface area contributed by atoms with Gasteiger partial charge in [-0.2, -0.15) is 0 Å². The molecule has 1 aromatic heterocycles. The summed E-state index contributed by atoms with van der Waals surface area (Å²) in [5.74, 6) is -0.889. The van der Waals surface area contributed by atoms with Crippen molar-refractivity contribution in [1.29, 1.82) is 0 Å². The van der Waals surface area contributed by atoms with E-state index in [9.17, 15) is 9.59 Å². The average Bonchev–Trinajstić information content (AvgIpc) is 2.80. The van der Waals surface area contributed by atoms with Crippen molar-refractivity contribution in [2.24, 2.45) is 0 Å². The van der Waals surface area contributed by atoms with E-state index in [1.54, 1.807) is 28.2 Å². The number of carboxylic acid groups (broad SMARTS) is 1. The van der Waals surface area contributed by atoms with Gasteiger partial charge in [-0.3, -0.25) is 4.79 Å². The van der Waals surface area contributed by atoms with Gasteiger partial charge in [0.1, 0.15) is 0 Å². The summed E-state index contributed by atoms with van der Waals surface area (Å²) in [5, 5.41) is 10.7. The van der Waals surface area contributed by atoms with Gasteiger partial charge in [-0.25, -0.2) is 4.79 Å². The number of nitrogens with zero attached hydrogens (tertiary/aromatic N) is 2. The molecule has 0 spiro atoms. The van der Waals surface area contributed by atoms with E-state index in [2.05, 4.69) is 0 Å². The number of carbonyl (C=O) groups is 2. The Balaban J connectivity index is 2.62. The van der Waals surface area contributed by atoms with Crippen LogP contribution in [0.15, 0.2) is 17.5 Å². The van der Waals surface area contributed by atoms with E-state index in [0.29, 0.717) is 6.54 Å². The van der Waals surface area contributed by atoms with Gasteiger partial charge in [-0.15, -0.1) is 11.3 Å². The number of hydrogen-bond acceptors (Lipinski definition) is 3. The highest BCUT2D eigenvalue weighted by atomic mass is 32.1. The molecule has 0 fully saturated rings. The topological polar surface area (TPSA) is 60.9 Å². The Morgan fingerprint density at radius 3 is 2.58 bits per heavy atom. The predicted octanol–water partition coefficient (Wildman–Crippen LogP) is 2.49. The largest absolute Gasteiger partial charge is 0.481 e. The number of carbonyl (C=O) groups excluding carboxylic acids is 1. The second-order valence-electron chi connectivity index (χ2n) is 4.65. The number of amides is 2. The smallest absolute Gasteiger partial charge is 0.320 e. The highest BCUT2D eigenvalue weighted by Crippen LogP contribution is 2.13. The first-order valence-electron chi connectivity index (χ1n) is 6.17. The molecule has 0 saturated heterocycles. The summed E-state index contributed by atoms with van der Waals surface area (Å²) in [7, 11) is 1.73. The van der Waals surface area contributed by atoms with Crippen molar-refractivity contribution in [3.05, 3.63) is 22.4 Å². The number of hydrogen-bond donors (Lipinski definition) is 1. The molecule has 0 aliphatic rings. The van der Waals surface area contributed by atoms with Crippen LogP contribution in [0.1, 0.15) is 25.1 Å². The Morgan fingerprint density at radius 2 is 2.11 bits per heavy atom. The molecule has 1 N–H and O–H groups in total. The Kier molecular flexibility index (Phi) is 5.82. The van der Waals surface area contributed by atoms with Crippen LogP contribution in [-0.2, 0) is 11.3 Å². The molecule has 0 saturated carbocycles. The van der Waals surface area contributed by atoms with Gasteiger partial charge in [0, 0.05) is 24.5 Å². The summed E-state index contributed by atoms with van der Waals surface area (Å²) in [5.41, 5.74) is 0. The number of urea groups is 1. The number of carboxylic acids is 1. The van der Waals surface area contributed by atoms with Crippen molar-refractivity contribution >= 4 is 23.3 Å². The first kappa shape index (κ1) is 15.5. The van der Waals surface area contributed by atoms with Gasteiger partial charge in [0.25, 0.3) is 0 Å². The summed E-state index contributed by atoms with van der Waals surface area (Å²) in [4.78, 5) is 27.2. The van der Waals surface area contributed by atoms with Crippen LogP contribution in [0.5, 0.6) is 0 Å². The molecule has 1 heterocycles. The number of rotatable bonds is 6. The fraction of sp³-hybridized carbons (Fsp3) is 0.538. The van der Waals surface area contributed by atoms with Crippen LogP contribution in [0.25, 0.3) is 0 Å². The number of aliphatic carboxylic acids is 1. The summed E-state index contributed by atoms with van der Waals surface area (Å²) < 4.78 is 0. The first-order chi connectivity index (χ1) is 8.91. The zero-order chi connectivity index (χ0) is 14.4. The molecule has 0 aliphatic heterocycles. The van der Waals surface area contributed by atoms with Crippen molar-refractivity contribution in [3.8, 4) is 0 Å². The minimum atomic E-state index is -0.889. The van der Waals surface area contributed by atoms with Crippen LogP contribution < -0.4 is 0 Å². The molecule has 0 radical (unpaired) electrons. The van der Waals surface area contributed by atoms with Gasteiger partial charge in [0.15, 0.2) is 0 Å². The predicted molar refractivity (Wildman–Crippen MR) is 75.3 cm³/mol. The van der Waals surface area contributed by atoms with Gasteiger partial charge >= 0.3 is 12.0 Å². The molecule has 5 nitrogen and oxygen atoms in total. The third-order valence-electron chi connectivity index (χ3n) is 2.74. The molecule has 0 aliphatic carbocycles. The zero-order valence-electron chi connectivity index (χ0n) is 11.5. The summed E-state index contributed by atoms with van der Waals surface area (Å²) in [6.07, 6.45) is -0.0310. The van der Waals surface area contributed by atoms with E-state index < -0.39 is 5.97 Å². The van der Waals surface area contributed by atoms with Gasteiger partial charge in [0.05, 0.1) is 13.0 Å². The summed E-state index contributed by atoms with van der Waals surface area (Å²) in [6.45, 7) is 4.56. The van der Waals surface area contributed by atoms with Gasteiger partial charge in [-0.05, 0) is 25.3 Å². The summed E-state index contributed by atoms with van der Waals surface area (Å²) >= 11 is 1.60. The van der Waals surface area contributed by atoms with Crippen molar-refractivity contribution < 1.29 is 14.7 Å². The Morgan fingerprint density at radius 1 is 1.42 bits per heavy atom. The molecular weight excluding hydrogens is 264 g/mol. The first-order valence-corrected chi connectivity index (χ1v) is 7.05. The van der Waals surface area contributed by atoms with Crippen LogP contribution in [-0.4, -0.2) is 46.5 Å². The minimum absolute atomic E-state index is 0.0161. The lowest BCUT2D eigenvalue weighted by atomic mass is 10.3. The fourth-order valence-corrected chi connectivity index (χ4v) is 2.47. The van der Waals surface area contributed by atoms with Crippen molar-refractivity contribution in [2.45, 2.75) is 32.9 Å². The van der Waals surface area contributed by atoms with Gasteiger partial charge in [0.2, 0.25) is 0 Å². The molecule has 0 bridgehead atoms. The molecule has 1 aromatic rings. The molecule has 0 atom stereocenters. The van der Waals surface area contributed by atoms with Crippen molar-refractivity contribution in [2.75, 3.05) is 13.6 Å². The lowest BCUT2D eigenvalue weighted by molar-refractivity contribution is -0.137. The molecule has 1 rings (SSSR count). The van der Waals surface area contributed by atoms with Crippen LogP contribution >= 0.6 is 11.3 Å². The van der Waals surface area contributed by atoms with Crippen LogP contribution in [0.4, 0.5) is 4.79 Å². The normalized spacial score (nSPS) is 10.5. The van der Waals surface area contributed by atoms with E-state index in [4.69, 9.17) is 5.11 Å². The maximum Gasteiger partial charge on any atom is 0.320 e. The second-order valence-corrected chi connectivity index (χ2v) is 5.68. The van der Waals surface area contributed by atoms with Crippen LogP contribution in [0, 0.1) is 0 Å². The molecule has 6 heteroatoms. The number of thiophene rings is 1. The van der Waals surface area contributed by atoms with E-state index >= 15 is 0 Å². The standard InChI is InChI=1S/C13H20N2O3S/c1-10(2)15(7-6-12(16)17)13(18)14(3)9-11-5-4-8-19-11/h4-5,8,10H,6-7,9H2,1-3H3,(H,16,17). The molecule has 0 unspecified atom stereocenters. The van der Waals surface area contributed by atoms with E-state index in [0.717, 1.165) is 4.88 Å². The second kappa shape index (κ2) is 7.13. The average molecular weight is 284 g/mol. The zero-order valence-corrected chi connectivity index (χ0v) is 12.3.